The topological polar surface area (TPSA) is 9.23 Å². The molecule has 0 spiro atoms. The molecule has 0 bridgehead atoms. The van der Waals surface area contributed by atoms with Crippen LogP contribution in [0.1, 0.15) is 6.92 Å². The minimum atomic E-state index is -1.41. The Labute approximate surface area is 191 Å². The van der Waals surface area contributed by atoms with Gasteiger partial charge in [-0.2, -0.15) is 0 Å². The lowest BCUT2D eigenvalue weighted by molar-refractivity contribution is 0.444. The third kappa shape index (κ3) is 13.1. The molecule has 0 N–H and O–H groups in total. The first kappa shape index (κ1) is 30.9. The number of hydrogen-bond acceptors (Lipinski definition) is 1. The maximum Gasteiger partial charge on any atom is 0.242 e. The molecule has 0 aliphatic carbocycles. The van der Waals surface area contributed by atoms with Gasteiger partial charge in [-0.3, -0.25) is 0 Å². The lowest BCUT2D eigenvalue weighted by atomic mass is 8.41. The second-order valence-electron chi connectivity index (χ2n) is 7.80. The van der Waals surface area contributed by atoms with E-state index in [0.717, 1.165) is 5.76 Å². The zero-order valence-electron chi connectivity index (χ0n) is 17.7. The summed E-state index contributed by atoms with van der Waals surface area (Å²) in [5.41, 5.74) is 0. The summed E-state index contributed by atoms with van der Waals surface area (Å²) in [7, 11) is 55.3. The molecule has 20 radical (unpaired) electrons. The van der Waals surface area contributed by atoms with Crippen LogP contribution in [0.3, 0.4) is 0 Å². The van der Waals surface area contributed by atoms with Crippen LogP contribution in [0.15, 0.2) is 24.5 Å². The molecule has 20 heteroatoms. The van der Waals surface area contributed by atoms with Crippen molar-refractivity contribution in [3.8, 4) is 0 Å². The molecular weight excluding hydrogens is 335 g/mol. The average molecular weight is 351 g/mol. The van der Waals surface area contributed by atoms with Gasteiger partial charge in [0.25, 0.3) is 0 Å². The van der Waals surface area contributed by atoms with Crippen LogP contribution in [0.2, 0.25) is 19.6 Å². The molecule has 0 atom stereocenters. The number of allylic oxidation sites excluding steroid dienone is 2. The van der Waals surface area contributed by atoms with Gasteiger partial charge in [0.15, 0.2) is 0 Å². The first-order chi connectivity index (χ1) is 12.6. The first-order valence-electron chi connectivity index (χ1n) is 9.13. The van der Waals surface area contributed by atoms with Gasteiger partial charge in [0.05, 0.1) is 5.76 Å². The summed E-state index contributed by atoms with van der Waals surface area (Å²) in [5, 5.41) is 0. The number of hydrogen-bond donors (Lipinski definition) is 0. The van der Waals surface area contributed by atoms with Gasteiger partial charge in [0.1, 0.15) is 0 Å². The first-order valence-corrected chi connectivity index (χ1v) is 12.5. The minimum Gasteiger partial charge on any atom is -0.545 e. The smallest absolute Gasteiger partial charge is 0.242 e. The Morgan fingerprint density at radius 1 is 0.679 bits per heavy atom. The predicted octanol–water partition coefficient (Wildman–Crippen LogP) is -3.93. The highest BCUT2D eigenvalue weighted by Crippen LogP contribution is 2.09. The largest absolute Gasteiger partial charge is 0.545 e. The Morgan fingerprint density at radius 2 is 0.964 bits per heavy atom. The van der Waals surface area contributed by atoms with Crippen molar-refractivity contribution in [3.05, 3.63) is 24.5 Å². The van der Waals surface area contributed by atoms with Gasteiger partial charge < -0.3 is 4.43 Å². The van der Waals surface area contributed by atoms with Crippen LogP contribution in [-0.4, -0.2) is 137 Å². The Bertz CT molecular complexity index is 425. The molecule has 28 heavy (non-hydrogen) atoms. The molecule has 112 valence electrons. The highest BCUT2D eigenvalue weighted by molar-refractivity contribution is 8.17. The molecule has 0 rings (SSSR count). The molecule has 0 aliphatic rings. The third-order valence-electron chi connectivity index (χ3n) is 3.90. The van der Waals surface area contributed by atoms with Gasteiger partial charge in [0, 0.05) is 128 Å². The van der Waals surface area contributed by atoms with E-state index in [2.05, 4.69) is 26.2 Å². The van der Waals surface area contributed by atoms with Crippen molar-refractivity contribution in [3.63, 3.8) is 0 Å². The van der Waals surface area contributed by atoms with Gasteiger partial charge in [0.2, 0.25) is 8.32 Å². The standard InChI is InChI=1S/C8H16OSi.B18/c1-6-7-8(2)9-10(3,4)5;1-11(2)16(12(3)4)18(15(9)10)17(13(5)6)14(7)8/h6-7H,2H2,1,3-5H3;/b7-6+;. The Balaban J connectivity index is 0. The van der Waals surface area contributed by atoms with Crippen molar-refractivity contribution in [1.82, 2.24) is 0 Å². The second kappa shape index (κ2) is 14.6. The number of rotatable bonds is 10. The monoisotopic (exact) mass is 354 g/mol. The molecular formula is C8H16B18OSi. The van der Waals surface area contributed by atoms with Crippen LogP contribution in [0, 0.1) is 0 Å². The third-order valence-corrected chi connectivity index (χ3v) is 4.78. The van der Waals surface area contributed by atoms with E-state index in [-0.39, 0.29) is 0 Å². The van der Waals surface area contributed by atoms with Crippen LogP contribution in [0.25, 0.3) is 0 Å². The van der Waals surface area contributed by atoms with E-state index in [1.165, 1.54) is 0 Å². The van der Waals surface area contributed by atoms with Crippen molar-refractivity contribution >= 4 is 137 Å². The summed E-state index contributed by atoms with van der Waals surface area (Å²) in [5.74, 6) is 0.779. The van der Waals surface area contributed by atoms with Crippen LogP contribution in [0.4, 0.5) is 0 Å². The molecule has 0 saturated carbocycles. The summed E-state index contributed by atoms with van der Waals surface area (Å²) in [4.78, 5) is 0. The van der Waals surface area contributed by atoms with E-state index in [1.54, 1.807) is 0 Å². The molecule has 0 aromatic heterocycles. The van der Waals surface area contributed by atoms with E-state index < -0.39 is 59.4 Å². The van der Waals surface area contributed by atoms with Gasteiger partial charge >= 0.3 is 0 Å². The Morgan fingerprint density at radius 3 is 1.14 bits per heavy atom. The molecule has 0 unspecified atom stereocenters. The van der Waals surface area contributed by atoms with Crippen molar-refractivity contribution in [2.45, 2.75) is 26.6 Å². The van der Waals surface area contributed by atoms with Crippen molar-refractivity contribution in [1.29, 1.82) is 0 Å². The van der Waals surface area contributed by atoms with E-state index in [1.807, 2.05) is 19.1 Å². The van der Waals surface area contributed by atoms with E-state index in [4.69, 9.17) is 81.8 Å². The molecule has 1 nitrogen and oxygen atoms in total. The van der Waals surface area contributed by atoms with Crippen LogP contribution >= 0.6 is 0 Å². The second-order valence-corrected chi connectivity index (χ2v) is 12.2. The van der Waals surface area contributed by atoms with Crippen LogP contribution in [0.5, 0.6) is 0 Å². The van der Waals surface area contributed by atoms with E-state index in [9.17, 15) is 0 Å². The normalized spacial score (nSPS) is 10.1. The van der Waals surface area contributed by atoms with Crippen molar-refractivity contribution in [2.75, 3.05) is 0 Å². The molecule has 0 aromatic carbocycles. The fourth-order valence-corrected chi connectivity index (χ4v) is 3.78. The Hall–Kier alpha value is 0.666. The molecule has 0 saturated heterocycles. The fourth-order valence-electron chi connectivity index (χ4n) is 2.92. The molecule has 0 fully saturated rings. The molecule has 0 amide bonds. The molecule has 0 aliphatic heterocycles. The summed E-state index contributed by atoms with van der Waals surface area (Å²) in [6, 6.07) is 0. The maximum absolute atomic E-state index is 5.72. The fraction of sp³-hybridized carbons (Fsp3) is 0.500. The molecule has 0 heterocycles. The van der Waals surface area contributed by atoms with Crippen molar-refractivity contribution < 1.29 is 4.43 Å². The van der Waals surface area contributed by atoms with E-state index in [0.29, 0.717) is 0 Å². The summed E-state index contributed by atoms with van der Waals surface area (Å²) in [6.45, 7) is 12.1. The van der Waals surface area contributed by atoms with Gasteiger partial charge in [-0.05, 0) is 32.6 Å². The predicted molar refractivity (Wildman–Crippen MR) is 152 cm³/mol. The van der Waals surface area contributed by atoms with Crippen molar-refractivity contribution in [2.24, 2.45) is 0 Å². The quantitative estimate of drug-likeness (QED) is 0.222. The zero-order chi connectivity index (χ0) is 22.8. The van der Waals surface area contributed by atoms with Gasteiger partial charge in [-0.25, -0.2) is 0 Å². The summed E-state index contributed by atoms with van der Waals surface area (Å²) >= 11 is 0. The maximum atomic E-state index is 5.72. The average Bonchev–Trinajstić information content (AvgIpc) is 2.43. The summed E-state index contributed by atoms with van der Waals surface area (Å²) in [6.07, 6.45) is -2.22. The lowest BCUT2D eigenvalue weighted by Crippen LogP contribution is -2.78. The highest BCUT2D eigenvalue weighted by atomic mass is 28.4. The Kier molecular flexibility index (Phi) is 16.1. The van der Waals surface area contributed by atoms with Crippen LogP contribution in [-0.2, 0) is 4.43 Å². The van der Waals surface area contributed by atoms with Gasteiger partial charge in [-0.1, -0.05) is 12.7 Å². The van der Waals surface area contributed by atoms with Crippen LogP contribution < -0.4 is 0 Å². The zero-order valence-corrected chi connectivity index (χ0v) is 18.7. The molecule has 0 aromatic rings. The minimum absolute atomic E-state index is 0.593. The lowest BCUT2D eigenvalue weighted by Gasteiger charge is -2.40. The SMILES string of the molecule is C=C(/C=C/C)O[Si](C)(C)C.[B]B([B])B(B([B])[B])B(B([B])[B])B(B([B])[B])B([B])[B]. The highest BCUT2D eigenvalue weighted by Gasteiger charge is 2.41. The van der Waals surface area contributed by atoms with E-state index >= 15 is 0 Å². The summed E-state index contributed by atoms with van der Waals surface area (Å²) < 4.78 is 5.54. The van der Waals surface area contributed by atoms with Gasteiger partial charge in [-0.15, -0.1) is 0 Å².